The smallest absolute Gasteiger partial charge is 0.160 e. The summed E-state index contributed by atoms with van der Waals surface area (Å²) in [5.74, 6) is 2.42. The molecule has 0 aliphatic heterocycles. The van der Waals surface area contributed by atoms with Gasteiger partial charge < -0.3 is 16.0 Å². The molecule has 0 unspecified atom stereocenters. The second-order valence-corrected chi connectivity index (χ2v) is 7.53. The van der Waals surface area contributed by atoms with Crippen LogP contribution in [0.2, 0.25) is 0 Å². The van der Waals surface area contributed by atoms with E-state index in [9.17, 15) is 0 Å². The predicted octanol–water partition coefficient (Wildman–Crippen LogP) is 3.77. The molecule has 28 heavy (non-hydrogen) atoms. The number of aryl methyl sites for hydroxylation is 1. The Hall–Kier alpha value is -3.41. The SMILES string of the molecule is Cc1nc2ccc(-c3cc(N)nc(N)c3)nc2n1[C@H]1C[C@@H]1Cc1ccccc1. The summed E-state index contributed by atoms with van der Waals surface area (Å²) >= 11 is 0. The van der Waals surface area contributed by atoms with Crippen LogP contribution < -0.4 is 11.5 Å². The fraction of sp³-hybridized carbons (Fsp3) is 0.227. The van der Waals surface area contributed by atoms with Crippen LogP contribution in [-0.4, -0.2) is 19.5 Å². The van der Waals surface area contributed by atoms with Crippen LogP contribution in [0.25, 0.3) is 22.4 Å². The zero-order valence-electron chi connectivity index (χ0n) is 15.7. The Kier molecular flexibility index (Phi) is 3.79. The number of nitrogen functional groups attached to an aromatic ring is 2. The number of hydrogen-bond acceptors (Lipinski definition) is 5. The lowest BCUT2D eigenvalue weighted by molar-refractivity contribution is 0.646. The third-order valence-electron chi connectivity index (χ3n) is 5.43. The number of pyridine rings is 2. The van der Waals surface area contributed by atoms with Crippen molar-refractivity contribution in [3.8, 4) is 11.3 Å². The average Bonchev–Trinajstić information content (AvgIpc) is 3.33. The highest BCUT2D eigenvalue weighted by atomic mass is 15.2. The first-order valence-electron chi connectivity index (χ1n) is 9.51. The largest absolute Gasteiger partial charge is 0.384 e. The van der Waals surface area contributed by atoms with Gasteiger partial charge in [0.2, 0.25) is 0 Å². The molecule has 3 aromatic heterocycles. The van der Waals surface area contributed by atoms with Crippen LogP contribution in [-0.2, 0) is 6.42 Å². The molecule has 1 aliphatic rings. The average molecular weight is 370 g/mol. The Morgan fingerprint density at radius 3 is 2.46 bits per heavy atom. The molecular weight excluding hydrogens is 348 g/mol. The summed E-state index contributed by atoms with van der Waals surface area (Å²) in [5, 5.41) is 0. The maximum Gasteiger partial charge on any atom is 0.160 e. The molecule has 0 radical (unpaired) electrons. The summed E-state index contributed by atoms with van der Waals surface area (Å²) in [5.41, 5.74) is 16.6. The number of rotatable bonds is 4. The third-order valence-corrected chi connectivity index (χ3v) is 5.43. The van der Waals surface area contributed by atoms with Gasteiger partial charge in [0.15, 0.2) is 5.65 Å². The number of nitrogens with zero attached hydrogens (tertiary/aromatic N) is 4. The van der Waals surface area contributed by atoms with Crippen LogP contribution in [0, 0.1) is 12.8 Å². The highest BCUT2D eigenvalue weighted by Crippen LogP contribution is 2.47. The quantitative estimate of drug-likeness (QED) is 0.570. The molecular formula is C22H22N6. The summed E-state index contributed by atoms with van der Waals surface area (Å²) < 4.78 is 2.29. The van der Waals surface area contributed by atoms with Gasteiger partial charge in [0.05, 0.1) is 5.69 Å². The number of hydrogen-bond donors (Lipinski definition) is 2. The van der Waals surface area contributed by atoms with Crippen LogP contribution in [0.4, 0.5) is 11.6 Å². The van der Waals surface area contributed by atoms with Crippen molar-refractivity contribution in [3.05, 3.63) is 66.0 Å². The summed E-state index contributed by atoms with van der Waals surface area (Å²) in [6, 6.07) is 18.7. The summed E-state index contributed by atoms with van der Waals surface area (Å²) in [4.78, 5) is 13.7. The molecule has 0 spiro atoms. The molecule has 6 nitrogen and oxygen atoms in total. The van der Waals surface area contributed by atoms with E-state index in [2.05, 4.69) is 46.8 Å². The zero-order valence-corrected chi connectivity index (χ0v) is 15.7. The van der Waals surface area contributed by atoms with E-state index >= 15 is 0 Å². The van der Waals surface area contributed by atoms with E-state index in [0.29, 0.717) is 23.6 Å². The molecule has 2 atom stereocenters. The van der Waals surface area contributed by atoms with Crippen molar-refractivity contribution in [2.75, 3.05) is 11.5 Å². The number of anilines is 2. The summed E-state index contributed by atoms with van der Waals surface area (Å²) in [7, 11) is 0. The maximum atomic E-state index is 5.86. The number of aromatic nitrogens is 4. The number of imidazole rings is 1. The second-order valence-electron chi connectivity index (χ2n) is 7.53. The molecule has 6 heteroatoms. The minimum atomic E-state index is 0.395. The van der Waals surface area contributed by atoms with E-state index in [1.165, 1.54) is 5.56 Å². The highest BCUT2D eigenvalue weighted by molar-refractivity contribution is 5.77. The minimum absolute atomic E-state index is 0.395. The topological polar surface area (TPSA) is 95.6 Å². The van der Waals surface area contributed by atoms with Gasteiger partial charge in [-0.05, 0) is 55.5 Å². The molecule has 1 aliphatic carbocycles. The van der Waals surface area contributed by atoms with Gasteiger partial charge in [0.25, 0.3) is 0 Å². The second kappa shape index (κ2) is 6.34. The predicted molar refractivity (Wildman–Crippen MR) is 112 cm³/mol. The van der Waals surface area contributed by atoms with Gasteiger partial charge >= 0.3 is 0 Å². The molecule has 3 heterocycles. The van der Waals surface area contributed by atoms with Crippen LogP contribution >= 0.6 is 0 Å². The normalized spacial score (nSPS) is 18.5. The van der Waals surface area contributed by atoms with Crippen molar-refractivity contribution in [3.63, 3.8) is 0 Å². The van der Waals surface area contributed by atoms with Crippen molar-refractivity contribution in [1.82, 2.24) is 19.5 Å². The molecule has 1 saturated carbocycles. The van der Waals surface area contributed by atoms with Crippen LogP contribution in [0.1, 0.15) is 23.9 Å². The first kappa shape index (κ1) is 16.7. The molecule has 4 N–H and O–H groups in total. The van der Waals surface area contributed by atoms with Gasteiger partial charge in [0, 0.05) is 11.6 Å². The Balaban J connectivity index is 1.50. The monoisotopic (exact) mass is 370 g/mol. The van der Waals surface area contributed by atoms with Gasteiger partial charge in [-0.2, -0.15) is 0 Å². The third kappa shape index (κ3) is 2.97. The molecule has 5 rings (SSSR count). The van der Waals surface area contributed by atoms with E-state index in [0.717, 1.165) is 41.1 Å². The number of fused-ring (bicyclic) bond motifs is 1. The fourth-order valence-electron chi connectivity index (χ4n) is 4.05. The molecule has 0 saturated heterocycles. The van der Waals surface area contributed by atoms with Crippen LogP contribution in [0.15, 0.2) is 54.6 Å². The van der Waals surface area contributed by atoms with Gasteiger partial charge in [0.1, 0.15) is 23.0 Å². The highest BCUT2D eigenvalue weighted by Gasteiger charge is 2.40. The van der Waals surface area contributed by atoms with E-state index in [1.807, 2.05) is 12.1 Å². The first-order chi connectivity index (χ1) is 13.6. The number of benzene rings is 1. The summed E-state index contributed by atoms with van der Waals surface area (Å²) in [6.07, 6.45) is 2.24. The van der Waals surface area contributed by atoms with E-state index in [1.54, 1.807) is 12.1 Å². The Bertz CT molecular complexity index is 1140. The van der Waals surface area contributed by atoms with E-state index < -0.39 is 0 Å². The molecule has 0 bridgehead atoms. The lowest BCUT2D eigenvalue weighted by atomic mass is 10.1. The van der Waals surface area contributed by atoms with Crippen molar-refractivity contribution < 1.29 is 0 Å². The Labute approximate surface area is 163 Å². The van der Waals surface area contributed by atoms with Gasteiger partial charge in [-0.15, -0.1) is 0 Å². The first-order valence-corrected chi connectivity index (χ1v) is 9.51. The molecule has 1 fully saturated rings. The van der Waals surface area contributed by atoms with Gasteiger partial charge in [-0.3, -0.25) is 0 Å². The van der Waals surface area contributed by atoms with Crippen molar-refractivity contribution in [2.24, 2.45) is 5.92 Å². The zero-order chi connectivity index (χ0) is 19.3. The lowest BCUT2D eigenvalue weighted by Crippen LogP contribution is -2.02. The van der Waals surface area contributed by atoms with Gasteiger partial charge in [-0.1, -0.05) is 30.3 Å². The molecule has 1 aromatic carbocycles. The fourth-order valence-corrected chi connectivity index (χ4v) is 4.05. The standard InChI is InChI=1S/C22H22N6/c1-13-25-18-8-7-17(15-11-20(23)27-21(24)12-15)26-22(18)28(13)19-10-16(19)9-14-5-3-2-4-6-14/h2-8,11-12,16,19H,9-10H2,1H3,(H4,23,24,27)/t16-,19-/m0/s1. The number of nitrogens with two attached hydrogens (primary N) is 2. The van der Waals surface area contributed by atoms with E-state index in [4.69, 9.17) is 21.4 Å². The van der Waals surface area contributed by atoms with Crippen molar-refractivity contribution in [2.45, 2.75) is 25.8 Å². The van der Waals surface area contributed by atoms with Crippen molar-refractivity contribution in [1.29, 1.82) is 0 Å². The molecule has 140 valence electrons. The Morgan fingerprint density at radius 1 is 0.964 bits per heavy atom. The van der Waals surface area contributed by atoms with Gasteiger partial charge in [-0.25, -0.2) is 15.0 Å². The molecule has 4 aromatic rings. The van der Waals surface area contributed by atoms with Crippen LogP contribution in [0.3, 0.4) is 0 Å². The maximum absolute atomic E-state index is 5.86. The Morgan fingerprint density at radius 2 is 1.71 bits per heavy atom. The van der Waals surface area contributed by atoms with Crippen molar-refractivity contribution >= 4 is 22.8 Å². The minimum Gasteiger partial charge on any atom is -0.384 e. The lowest BCUT2D eigenvalue weighted by Gasteiger charge is -2.08. The summed E-state index contributed by atoms with van der Waals surface area (Å²) in [6.45, 7) is 2.06. The van der Waals surface area contributed by atoms with E-state index in [-0.39, 0.29) is 0 Å². The molecule has 0 amide bonds. The van der Waals surface area contributed by atoms with Crippen LogP contribution in [0.5, 0.6) is 0 Å².